The highest BCUT2D eigenvalue weighted by atomic mass is 16.4. The molecule has 0 amide bonds. The average Bonchev–Trinajstić information content (AvgIpc) is 2.91. The number of rotatable bonds is 6. The maximum absolute atomic E-state index is 5.57. The fraction of sp³-hybridized carbons (Fsp3) is 0.500. The predicted molar refractivity (Wildman–Crippen MR) is 84.2 cm³/mol. The van der Waals surface area contributed by atoms with E-state index in [0.29, 0.717) is 24.4 Å². The van der Waals surface area contributed by atoms with Crippen LogP contribution in [0.4, 0.5) is 6.01 Å². The van der Waals surface area contributed by atoms with Crippen molar-refractivity contribution < 1.29 is 4.42 Å². The lowest BCUT2D eigenvalue weighted by Crippen LogP contribution is -2.35. The molecule has 0 saturated carbocycles. The zero-order valence-corrected chi connectivity index (χ0v) is 13.2. The fourth-order valence-electron chi connectivity index (χ4n) is 1.88. The molecule has 0 aliphatic rings. The van der Waals surface area contributed by atoms with Crippen LogP contribution in [-0.4, -0.2) is 22.3 Å². The molecule has 21 heavy (non-hydrogen) atoms. The molecule has 1 unspecified atom stereocenters. The van der Waals surface area contributed by atoms with Gasteiger partial charge in [-0.2, -0.15) is 0 Å². The largest absolute Gasteiger partial charge is 0.407 e. The molecule has 1 aromatic heterocycles. The lowest BCUT2D eigenvalue weighted by atomic mass is 10.0. The maximum Gasteiger partial charge on any atom is 0.315 e. The summed E-state index contributed by atoms with van der Waals surface area (Å²) in [6, 6.07) is 10.8. The van der Waals surface area contributed by atoms with Crippen LogP contribution in [0.1, 0.15) is 45.1 Å². The minimum atomic E-state index is 0.0316. The Balaban J connectivity index is 1.83. The van der Waals surface area contributed by atoms with Gasteiger partial charge in [-0.1, -0.05) is 42.4 Å². The molecule has 2 aromatic rings. The van der Waals surface area contributed by atoms with Gasteiger partial charge in [-0.25, -0.2) is 0 Å². The summed E-state index contributed by atoms with van der Waals surface area (Å²) in [5, 5.41) is 14.6. The van der Waals surface area contributed by atoms with Crippen LogP contribution >= 0.6 is 0 Å². The molecule has 1 atom stereocenters. The summed E-state index contributed by atoms with van der Waals surface area (Å²) in [5.41, 5.74) is 1.32. The quantitative estimate of drug-likeness (QED) is 0.855. The molecule has 0 saturated heterocycles. The highest BCUT2D eigenvalue weighted by Crippen LogP contribution is 2.15. The first-order chi connectivity index (χ1) is 9.94. The topological polar surface area (TPSA) is 63.0 Å². The number of anilines is 1. The normalized spacial score (nSPS) is 13.1. The molecular weight excluding hydrogens is 264 g/mol. The Hall–Kier alpha value is -1.88. The monoisotopic (exact) mass is 288 g/mol. The van der Waals surface area contributed by atoms with E-state index in [1.807, 2.05) is 6.07 Å². The Morgan fingerprint density at radius 3 is 2.52 bits per heavy atom. The lowest BCUT2D eigenvalue weighted by Gasteiger charge is -2.18. The van der Waals surface area contributed by atoms with E-state index in [4.69, 9.17) is 4.42 Å². The van der Waals surface area contributed by atoms with Gasteiger partial charge in [-0.3, -0.25) is 0 Å². The minimum Gasteiger partial charge on any atom is -0.407 e. The molecule has 2 N–H and O–H groups in total. The van der Waals surface area contributed by atoms with E-state index in [-0.39, 0.29) is 5.54 Å². The van der Waals surface area contributed by atoms with Crippen molar-refractivity contribution in [3.05, 3.63) is 41.8 Å². The summed E-state index contributed by atoms with van der Waals surface area (Å²) in [6.45, 7) is 9.81. The summed E-state index contributed by atoms with van der Waals surface area (Å²) >= 11 is 0. The van der Waals surface area contributed by atoms with Gasteiger partial charge in [0.2, 0.25) is 5.89 Å². The smallest absolute Gasteiger partial charge is 0.315 e. The molecule has 0 spiro atoms. The van der Waals surface area contributed by atoms with Gasteiger partial charge in [0, 0.05) is 12.1 Å². The van der Waals surface area contributed by atoms with E-state index in [9.17, 15) is 0 Å². The van der Waals surface area contributed by atoms with E-state index in [2.05, 4.69) is 72.8 Å². The van der Waals surface area contributed by atoms with Crippen molar-refractivity contribution in [3.63, 3.8) is 0 Å². The Bertz CT molecular complexity index is 545. The standard InChI is InChI=1S/C16H24N4O/c1-12(13-8-6-5-7-9-13)10-17-15-20-19-14(21-15)11-18-16(2,3)4/h5-9,12,18H,10-11H2,1-4H3,(H,17,20). The van der Waals surface area contributed by atoms with E-state index >= 15 is 0 Å². The molecule has 0 aliphatic carbocycles. The van der Waals surface area contributed by atoms with Crippen LogP contribution < -0.4 is 10.6 Å². The molecule has 0 radical (unpaired) electrons. The van der Waals surface area contributed by atoms with Crippen molar-refractivity contribution in [1.29, 1.82) is 0 Å². The second kappa shape index (κ2) is 6.72. The first-order valence-corrected chi connectivity index (χ1v) is 7.30. The van der Waals surface area contributed by atoms with Gasteiger partial charge in [-0.15, -0.1) is 5.10 Å². The number of benzene rings is 1. The fourth-order valence-corrected chi connectivity index (χ4v) is 1.88. The van der Waals surface area contributed by atoms with E-state index in [1.165, 1.54) is 5.56 Å². The van der Waals surface area contributed by atoms with Gasteiger partial charge < -0.3 is 15.1 Å². The second-order valence-corrected chi connectivity index (χ2v) is 6.30. The number of hydrogen-bond acceptors (Lipinski definition) is 5. The first-order valence-electron chi connectivity index (χ1n) is 7.30. The summed E-state index contributed by atoms with van der Waals surface area (Å²) in [4.78, 5) is 0. The summed E-state index contributed by atoms with van der Waals surface area (Å²) < 4.78 is 5.57. The molecule has 5 heteroatoms. The molecule has 1 aromatic carbocycles. The molecule has 0 bridgehead atoms. The Labute approximate surface area is 126 Å². The molecule has 114 valence electrons. The Morgan fingerprint density at radius 2 is 1.86 bits per heavy atom. The third-order valence-corrected chi connectivity index (χ3v) is 3.16. The third-order valence-electron chi connectivity index (χ3n) is 3.16. The Morgan fingerprint density at radius 1 is 1.14 bits per heavy atom. The van der Waals surface area contributed by atoms with Gasteiger partial charge in [-0.05, 0) is 32.3 Å². The zero-order valence-electron chi connectivity index (χ0n) is 13.2. The second-order valence-electron chi connectivity index (χ2n) is 6.30. The minimum absolute atomic E-state index is 0.0316. The Kier molecular flexibility index (Phi) is 4.96. The molecular formula is C16H24N4O. The van der Waals surface area contributed by atoms with Crippen LogP contribution in [-0.2, 0) is 6.54 Å². The van der Waals surface area contributed by atoms with Crippen molar-refractivity contribution in [3.8, 4) is 0 Å². The summed E-state index contributed by atoms with van der Waals surface area (Å²) in [7, 11) is 0. The zero-order chi connectivity index (χ0) is 15.3. The first kappa shape index (κ1) is 15.5. The number of nitrogens with zero attached hydrogens (tertiary/aromatic N) is 2. The van der Waals surface area contributed by atoms with Crippen LogP contribution in [0.25, 0.3) is 0 Å². The van der Waals surface area contributed by atoms with Gasteiger partial charge in [0.1, 0.15) is 0 Å². The van der Waals surface area contributed by atoms with Crippen LogP contribution in [0, 0.1) is 0 Å². The van der Waals surface area contributed by atoms with E-state index < -0.39 is 0 Å². The van der Waals surface area contributed by atoms with Gasteiger partial charge in [0.05, 0.1) is 6.54 Å². The average molecular weight is 288 g/mol. The highest BCUT2D eigenvalue weighted by Gasteiger charge is 2.12. The highest BCUT2D eigenvalue weighted by molar-refractivity contribution is 5.23. The number of hydrogen-bond donors (Lipinski definition) is 2. The third kappa shape index (κ3) is 5.19. The van der Waals surface area contributed by atoms with Crippen LogP contribution in [0.2, 0.25) is 0 Å². The van der Waals surface area contributed by atoms with Crippen LogP contribution in [0.15, 0.2) is 34.7 Å². The molecule has 0 fully saturated rings. The van der Waals surface area contributed by atoms with Crippen LogP contribution in [0.3, 0.4) is 0 Å². The van der Waals surface area contributed by atoms with E-state index in [1.54, 1.807) is 0 Å². The molecule has 1 heterocycles. The molecule has 0 aliphatic heterocycles. The van der Waals surface area contributed by atoms with Crippen molar-refractivity contribution in [2.75, 3.05) is 11.9 Å². The van der Waals surface area contributed by atoms with Crippen LogP contribution in [0.5, 0.6) is 0 Å². The van der Waals surface area contributed by atoms with Crippen molar-refractivity contribution in [1.82, 2.24) is 15.5 Å². The van der Waals surface area contributed by atoms with Crippen molar-refractivity contribution >= 4 is 6.01 Å². The van der Waals surface area contributed by atoms with Gasteiger partial charge in [0.15, 0.2) is 0 Å². The molecule has 5 nitrogen and oxygen atoms in total. The SMILES string of the molecule is CC(CNc1nnc(CNC(C)(C)C)o1)c1ccccc1. The maximum atomic E-state index is 5.57. The number of nitrogens with one attached hydrogen (secondary N) is 2. The van der Waals surface area contributed by atoms with E-state index in [0.717, 1.165) is 6.54 Å². The van der Waals surface area contributed by atoms with Gasteiger partial charge in [0.25, 0.3) is 0 Å². The summed E-state index contributed by atoms with van der Waals surface area (Å²) in [6.07, 6.45) is 0. The predicted octanol–water partition coefficient (Wildman–Crippen LogP) is 3.17. The molecule has 2 rings (SSSR count). The van der Waals surface area contributed by atoms with Gasteiger partial charge >= 0.3 is 6.01 Å². The number of aromatic nitrogens is 2. The van der Waals surface area contributed by atoms with Crippen molar-refractivity contribution in [2.45, 2.75) is 45.7 Å². The lowest BCUT2D eigenvalue weighted by molar-refractivity contribution is 0.383. The van der Waals surface area contributed by atoms with Crippen molar-refractivity contribution in [2.24, 2.45) is 0 Å². The summed E-state index contributed by atoms with van der Waals surface area (Å²) in [5.74, 6) is 0.981.